The van der Waals surface area contributed by atoms with Crippen molar-refractivity contribution in [2.45, 2.75) is 20.4 Å². The number of amides is 4. The zero-order chi connectivity index (χ0) is 109. The number of fused-ring (bicyclic) bond motifs is 4. The van der Waals surface area contributed by atoms with Crippen molar-refractivity contribution in [1.29, 1.82) is 0 Å². The van der Waals surface area contributed by atoms with Gasteiger partial charge in [-0.1, -0.05) is 80.1 Å². The average molecular weight is 2020 g/mol. The number of carbonyl (C=O) groups is 4. The quantitative estimate of drug-likeness (QED) is 0.0165. The van der Waals surface area contributed by atoms with Crippen LogP contribution in [0.3, 0.4) is 0 Å². The van der Waals surface area contributed by atoms with E-state index in [1.807, 2.05) is 204 Å². The molecule has 0 aliphatic carbocycles. The first-order chi connectivity index (χ1) is 73.0. The highest BCUT2D eigenvalue weighted by molar-refractivity contribution is 6.06. The van der Waals surface area contributed by atoms with E-state index in [1.54, 1.807) is 93.1 Å². The SMILES string of the molecule is C=CC(=O)Nc1cc(Nc2nccc(-c3cn(CC)c4ccccc34)n2)c(OC)cc1N(C)CCN(C)C.C=CC(=O)Nc1cc(Nc2nccc(-c3nc(C)n4ccccc34)n2)c(OC)cc1N(C)CCN(C)C.C=CC(=O)Nc1cc(Nc2nccc(-n3nnc4ccccc43)n2)c(OC)cc1N(C)CCN(C)C.[2H]C([2H])([2H])n1c(=O)n(-c2ccnc(Nc3cc(NC(=O)C=C)c(N(C)CCN(C)C)cc3OC)n2)c2ccccc21. The van der Waals surface area contributed by atoms with E-state index in [9.17, 15) is 24.0 Å². The van der Waals surface area contributed by atoms with Crippen LogP contribution in [0, 0.1) is 6.92 Å². The number of para-hydroxylation sites is 4. The third-order valence-electron chi connectivity index (χ3n) is 23.7. The van der Waals surface area contributed by atoms with Crippen molar-refractivity contribution in [1.82, 2.24) is 97.6 Å². The minimum absolute atomic E-state index is 0.119. The summed E-state index contributed by atoms with van der Waals surface area (Å²) in [6.07, 6.45) is 15.5. The Hall–Kier alpha value is -18.0. The summed E-state index contributed by atoms with van der Waals surface area (Å²) in [5.41, 5.74) is 14.7. The standard InChI is InChI=1S/C29H35N7O2.C27H32N8O3.C27H32N8O2.C25H29N9O2/c1-7-28(37)31-23-17-24(27(38-6)18-26(23)35(5)16-15-34(3)4)33-29-30-14-13-22(32-29)21-19-36(8-2)25-12-10-9-11-20(21)25;1-7-25(36)29-18-16-19(23(38-6)17-22(18)33(4)15-14-32(2)3)30-26-28-13-12-24(31-26)35-21-11-9-8-10-20(21)34(5)27(35)37;1-7-25(36)30-20-16-21(24(37-6)17-23(20)34(5)15-14-33(3)4)32-27-28-12-11-19(31-27)26-22-10-8-9-13-35(22)18(2)29-26;1-6-24(35)27-18-15-19(22(36-5)16-21(18)33(4)14-13-32(2)3)28-25-26-12-11-23(29-25)34-20-10-8-7-9-17(20)30-31-34/h7,9-14,17-19H,1,8,15-16H2,2-6H3,(H,31,37)(H,30,32,33);7-13,16-17H,1,14-15H2,2-6H3,(H,29,36)(H,28,30,31);7-13,16-17H,1,14-15H2,2-6H3,(H,30,36)(H,28,31,32);6-12,15-16H,1,13-14H2,2-5H3,(H,27,35)(H,26,28,29)/i;5D3;;. The Morgan fingerprint density at radius 1 is 0.403 bits per heavy atom. The Labute approximate surface area is 869 Å². The lowest BCUT2D eigenvalue weighted by molar-refractivity contribution is -0.112. The number of hydrogen-bond acceptors (Lipinski definition) is 32. The molecule has 41 nitrogen and oxygen atoms in total. The van der Waals surface area contributed by atoms with Gasteiger partial charge in [-0.25, -0.2) is 44.2 Å². The van der Waals surface area contributed by atoms with E-state index in [2.05, 4.69) is 173 Å². The number of carbonyl (C=O) groups excluding carboxylic acids is 4. The maximum atomic E-state index is 13.3. The van der Waals surface area contributed by atoms with E-state index in [-0.39, 0.29) is 40.9 Å². The Bertz CT molecular complexity index is 7690. The molecule has 9 aromatic heterocycles. The van der Waals surface area contributed by atoms with Crippen molar-refractivity contribution >= 4 is 154 Å². The summed E-state index contributed by atoms with van der Waals surface area (Å²) in [5, 5.41) is 34.0. The number of hydrogen-bond donors (Lipinski definition) is 8. The number of pyridine rings is 1. The van der Waals surface area contributed by atoms with Gasteiger partial charge in [-0.15, -0.1) is 5.10 Å². The van der Waals surface area contributed by atoms with Crippen LogP contribution in [0.2, 0.25) is 0 Å². The molecule has 7 aromatic carbocycles. The van der Waals surface area contributed by atoms with Crippen LogP contribution in [-0.4, -0.2) is 287 Å². The zero-order valence-corrected chi connectivity index (χ0v) is 87.0. The summed E-state index contributed by atoms with van der Waals surface area (Å²) >= 11 is 0. The number of nitrogens with zero attached hydrogens (tertiary/aromatic N) is 24. The van der Waals surface area contributed by atoms with Crippen LogP contribution >= 0.6 is 0 Å². The van der Waals surface area contributed by atoms with Gasteiger partial charge in [0, 0.05) is 188 Å². The van der Waals surface area contributed by atoms with E-state index < -0.39 is 12.7 Å². The normalized spacial score (nSPS) is 11.4. The fourth-order valence-corrected chi connectivity index (χ4v) is 15.8. The summed E-state index contributed by atoms with van der Waals surface area (Å²) in [7, 11) is 30.2. The highest BCUT2D eigenvalue weighted by atomic mass is 16.5. The van der Waals surface area contributed by atoms with Crippen LogP contribution in [0.5, 0.6) is 23.0 Å². The molecule has 0 saturated heterocycles. The Morgan fingerprint density at radius 3 is 1.18 bits per heavy atom. The maximum Gasteiger partial charge on any atom is 0.334 e. The van der Waals surface area contributed by atoms with Gasteiger partial charge < -0.3 is 110 Å². The van der Waals surface area contributed by atoms with Gasteiger partial charge in [0.05, 0.1) is 130 Å². The molecule has 0 bridgehead atoms. The van der Waals surface area contributed by atoms with Crippen LogP contribution in [-0.2, 0) is 32.7 Å². The van der Waals surface area contributed by atoms with Gasteiger partial charge in [0.25, 0.3) is 0 Å². The predicted octanol–water partition coefficient (Wildman–Crippen LogP) is 15.0. The van der Waals surface area contributed by atoms with Gasteiger partial charge in [-0.3, -0.25) is 23.7 Å². The highest BCUT2D eigenvalue weighted by Crippen LogP contribution is 2.44. The van der Waals surface area contributed by atoms with Crippen LogP contribution in [0.25, 0.3) is 72.8 Å². The fourth-order valence-electron chi connectivity index (χ4n) is 15.8. The van der Waals surface area contributed by atoms with Crippen molar-refractivity contribution in [2.75, 3.05) is 228 Å². The number of aromatic nitrogens is 16. The second kappa shape index (κ2) is 50.5. The molecule has 0 fully saturated rings. The van der Waals surface area contributed by atoms with Crippen LogP contribution in [0.1, 0.15) is 16.9 Å². The molecule has 0 radical (unpaired) electrons. The molecule has 16 rings (SSSR count). The number of likely N-dealkylation sites (N-methyl/N-ethyl adjacent to an activating group) is 8. The maximum absolute atomic E-state index is 13.3. The molecule has 0 atom stereocenters. The number of nitrogens with one attached hydrogen (secondary N) is 8. The number of aryl methyl sites for hydroxylation is 3. The molecule has 0 saturated carbocycles. The summed E-state index contributed by atoms with van der Waals surface area (Å²) in [5.74, 6) is 3.76. The highest BCUT2D eigenvalue weighted by Gasteiger charge is 2.26. The van der Waals surface area contributed by atoms with Crippen molar-refractivity contribution in [3.8, 4) is 57.3 Å². The average Bonchev–Trinajstić information content (AvgIpc) is 1.59. The van der Waals surface area contributed by atoms with E-state index in [0.29, 0.717) is 110 Å². The number of ether oxygens (including phenoxy) is 4. The lowest BCUT2D eigenvalue weighted by atomic mass is 10.1. The largest absolute Gasteiger partial charge is 0.494 e. The summed E-state index contributed by atoms with van der Waals surface area (Å²) in [4.78, 5) is 120. The predicted molar refractivity (Wildman–Crippen MR) is 596 cm³/mol. The topological polar surface area (TPSA) is 410 Å². The summed E-state index contributed by atoms with van der Waals surface area (Å²) in [6.45, 7) is 22.8. The molecule has 9 heterocycles. The fraction of sp³-hybridized carbons (Fsp3) is 0.259. The zero-order valence-electron chi connectivity index (χ0n) is 90.0. The molecule has 16 aromatic rings. The molecule has 0 aliphatic heterocycles. The molecular formula is C108H128N32O9. The van der Waals surface area contributed by atoms with E-state index in [4.69, 9.17) is 38.0 Å². The first-order valence-electron chi connectivity index (χ1n) is 49.0. The molecule has 0 unspecified atom stereocenters. The van der Waals surface area contributed by atoms with E-state index in [0.717, 1.165) is 130 Å². The minimum Gasteiger partial charge on any atom is -0.494 e. The second-order valence-electron chi connectivity index (χ2n) is 35.2. The number of benzene rings is 7. The molecule has 149 heavy (non-hydrogen) atoms. The lowest BCUT2D eigenvalue weighted by Gasteiger charge is -2.26. The van der Waals surface area contributed by atoms with E-state index >= 15 is 0 Å². The molecule has 774 valence electrons. The van der Waals surface area contributed by atoms with Gasteiger partial charge in [0.1, 0.15) is 45.9 Å². The first-order valence-corrected chi connectivity index (χ1v) is 47.5. The van der Waals surface area contributed by atoms with Gasteiger partial charge in [-0.2, -0.15) is 14.6 Å². The molecule has 41 heteroatoms. The third kappa shape index (κ3) is 27.0. The number of methoxy groups -OCH3 is 4. The Morgan fingerprint density at radius 2 is 0.765 bits per heavy atom. The number of rotatable bonds is 41. The Balaban J connectivity index is 0.000000169. The summed E-state index contributed by atoms with van der Waals surface area (Å²) < 4.78 is 54.2. The second-order valence-corrected chi connectivity index (χ2v) is 35.2. The molecule has 4 amide bonds. The van der Waals surface area contributed by atoms with Crippen LogP contribution in [0.4, 0.5) is 92.0 Å². The minimum atomic E-state index is -2.68. The van der Waals surface area contributed by atoms with Crippen molar-refractivity contribution < 1.29 is 42.2 Å². The van der Waals surface area contributed by atoms with Crippen LogP contribution in [0.15, 0.2) is 256 Å². The van der Waals surface area contributed by atoms with Crippen LogP contribution < -0.4 is 86.8 Å². The van der Waals surface area contributed by atoms with Gasteiger partial charge in [0.2, 0.25) is 47.4 Å². The third-order valence-corrected chi connectivity index (χ3v) is 23.7. The molecule has 0 aliphatic rings. The number of imidazole rings is 2. The Kier molecular flexibility index (Phi) is 35.2. The first kappa shape index (κ1) is 104. The number of anilines is 16. The van der Waals surface area contributed by atoms with Gasteiger partial charge in [0.15, 0.2) is 5.82 Å². The molecule has 0 spiro atoms. The summed E-state index contributed by atoms with van der Waals surface area (Å²) in [6, 6.07) is 50.1. The van der Waals surface area contributed by atoms with Crippen molar-refractivity contribution in [3.05, 3.63) is 268 Å². The van der Waals surface area contributed by atoms with Gasteiger partial charge >= 0.3 is 5.69 Å². The monoisotopic (exact) mass is 2020 g/mol. The molecule has 8 N–H and O–H groups in total. The molecular weight excluding hydrogens is 1890 g/mol. The van der Waals surface area contributed by atoms with E-state index in [1.165, 1.54) is 48.2 Å². The van der Waals surface area contributed by atoms with Gasteiger partial charge in [-0.05, 0) is 173 Å². The smallest absolute Gasteiger partial charge is 0.334 e. The lowest BCUT2D eigenvalue weighted by Crippen LogP contribution is -2.29. The van der Waals surface area contributed by atoms with Crippen molar-refractivity contribution in [3.63, 3.8) is 0 Å². The van der Waals surface area contributed by atoms with Crippen molar-refractivity contribution in [2.24, 2.45) is 6.98 Å².